The molecule has 70 valence electrons. The van der Waals surface area contributed by atoms with Crippen LogP contribution in [0.4, 0.5) is 0 Å². The summed E-state index contributed by atoms with van der Waals surface area (Å²) in [6.45, 7) is 1.45. The van der Waals surface area contributed by atoms with Crippen molar-refractivity contribution in [1.82, 2.24) is 0 Å². The van der Waals surface area contributed by atoms with E-state index in [9.17, 15) is 4.79 Å². The van der Waals surface area contributed by atoms with Crippen molar-refractivity contribution in [2.24, 2.45) is 0 Å². The van der Waals surface area contributed by atoms with Gasteiger partial charge in [0.2, 0.25) is 0 Å². The Morgan fingerprint density at radius 3 is 2.38 bits per heavy atom. The number of Topliss-reactive ketones (excluding diaryl/α,β-unsaturated/α-hetero) is 1. The fourth-order valence-electron chi connectivity index (χ4n) is 0.963. The average molecular weight is 180 g/mol. The summed E-state index contributed by atoms with van der Waals surface area (Å²) < 4.78 is 0. The zero-order valence-corrected chi connectivity index (χ0v) is 7.40. The highest BCUT2D eigenvalue weighted by Gasteiger charge is 2.09. The molecule has 0 aliphatic heterocycles. The number of ketones is 1. The minimum Gasteiger partial charge on any atom is -0.508 e. The first-order chi connectivity index (χ1) is 6.09. The van der Waals surface area contributed by atoms with E-state index in [2.05, 4.69) is 0 Å². The molecule has 0 heterocycles. The number of phenolic OH excluding ortho intramolecular Hbond substituents is 1. The van der Waals surface area contributed by atoms with Crippen LogP contribution in [-0.4, -0.2) is 22.1 Å². The first kappa shape index (κ1) is 9.74. The molecule has 1 atom stereocenters. The molecule has 0 amide bonds. The smallest absolute Gasteiger partial charge is 0.165 e. The normalized spacial score (nSPS) is 12.5. The average Bonchev–Trinajstić information content (AvgIpc) is 2.08. The lowest BCUT2D eigenvalue weighted by molar-refractivity contribution is -0.125. The summed E-state index contributed by atoms with van der Waals surface area (Å²) in [5, 5.41) is 17.9. The van der Waals surface area contributed by atoms with Gasteiger partial charge in [-0.3, -0.25) is 4.79 Å². The number of aliphatic hydroxyl groups is 1. The third-order valence-corrected chi connectivity index (χ3v) is 1.78. The molecule has 2 N–H and O–H groups in total. The van der Waals surface area contributed by atoms with Crippen LogP contribution < -0.4 is 0 Å². The Morgan fingerprint density at radius 1 is 1.38 bits per heavy atom. The first-order valence-electron chi connectivity index (χ1n) is 4.08. The zero-order chi connectivity index (χ0) is 9.84. The summed E-state index contributed by atoms with van der Waals surface area (Å²) in [7, 11) is 0. The molecule has 0 radical (unpaired) electrons. The molecule has 1 unspecified atom stereocenters. The summed E-state index contributed by atoms with van der Waals surface area (Å²) in [6.07, 6.45) is -0.716. The summed E-state index contributed by atoms with van der Waals surface area (Å²) >= 11 is 0. The number of hydrogen-bond donors (Lipinski definition) is 2. The summed E-state index contributed by atoms with van der Waals surface area (Å²) in [5.74, 6) is -0.0427. The van der Waals surface area contributed by atoms with Crippen LogP contribution in [0.2, 0.25) is 0 Å². The maximum atomic E-state index is 11.1. The van der Waals surface area contributed by atoms with E-state index in [4.69, 9.17) is 10.2 Å². The molecule has 0 saturated carbocycles. The topological polar surface area (TPSA) is 57.5 Å². The quantitative estimate of drug-likeness (QED) is 0.726. The maximum Gasteiger partial charge on any atom is 0.165 e. The predicted octanol–water partition coefficient (Wildman–Crippen LogP) is 0.885. The third-order valence-electron chi connectivity index (χ3n) is 1.78. The van der Waals surface area contributed by atoms with Crippen LogP contribution in [0.25, 0.3) is 0 Å². The number of aliphatic hydroxyl groups excluding tert-OH is 1. The van der Waals surface area contributed by atoms with Crippen molar-refractivity contribution >= 4 is 5.78 Å². The molecule has 1 aromatic rings. The Morgan fingerprint density at radius 2 is 1.92 bits per heavy atom. The molecular formula is C10H12O3. The molecule has 0 aromatic heterocycles. The second-order valence-electron chi connectivity index (χ2n) is 2.99. The van der Waals surface area contributed by atoms with Crippen LogP contribution in [0, 0.1) is 0 Å². The highest BCUT2D eigenvalue weighted by molar-refractivity contribution is 5.84. The summed E-state index contributed by atoms with van der Waals surface area (Å²) in [4.78, 5) is 11.1. The van der Waals surface area contributed by atoms with Crippen LogP contribution in [0.5, 0.6) is 5.75 Å². The highest BCUT2D eigenvalue weighted by atomic mass is 16.3. The molecule has 1 rings (SSSR count). The molecule has 0 aliphatic rings. The Balaban J connectivity index is 2.65. The molecule has 3 nitrogen and oxygen atoms in total. The Labute approximate surface area is 76.6 Å². The van der Waals surface area contributed by atoms with E-state index in [-0.39, 0.29) is 18.0 Å². The molecule has 1 aromatic carbocycles. The number of phenols is 1. The van der Waals surface area contributed by atoms with Crippen molar-refractivity contribution in [3.8, 4) is 5.75 Å². The van der Waals surface area contributed by atoms with Gasteiger partial charge in [0, 0.05) is 6.42 Å². The number of rotatable bonds is 3. The molecule has 0 fully saturated rings. The van der Waals surface area contributed by atoms with Gasteiger partial charge < -0.3 is 10.2 Å². The van der Waals surface area contributed by atoms with Crippen molar-refractivity contribution in [2.75, 3.05) is 0 Å². The lowest BCUT2D eigenvalue weighted by atomic mass is 10.1. The van der Waals surface area contributed by atoms with Crippen LogP contribution >= 0.6 is 0 Å². The van der Waals surface area contributed by atoms with Crippen molar-refractivity contribution in [3.05, 3.63) is 29.8 Å². The van der Waals surface area contributed by atoms with Gasteiger partial charge in [-0.15, -0.1) is 0 Å². The molecule has 0 bridgehead atoms. The zero-order valence-electron chi connectivity index (χ0n) is 7.40. The standard InChI is InChI=1S/C10H12O3/c1-7(11)10(13)6-8-2-4-9(12)5-3-8/h2-5,7,11-12H,6H2,1H3. The van der Waals surface area contributed by atoms with E-state index in [0.717, 1.165) is 5.56 Å². The van der Waals surface area contributed by atoms with Crippen LogP contribution in [0.1, 0.15) is 12.5 Å². The van der Waals surface area contributed by atoms with Crippen LogP contribution in [-0.2, 0) is 11.2 Å². The number of hydrogen-bond acceptors (Lipinski definition) is 3. The van der Waals surface area contributed by atoms with Crippen molar-refractivity contribution < 1.29 is 15.0 Å². The van der Waals surface area contributed by atoms with Gasteiger partial charge in [-0.25, -0.2) is 0 Å². The number of aromatic hydroxyl groups is 1. The molecule has 0 saturated heterocycles. The van der Waals surface area contributed by atoms with Crippen molar-refractivity contribution in [3.63, 3.8) is 0 Å². The van der Waals surface area contributed by atoms with Gasteiger partial charge >= 0.3 is 0 Å². The van der Waals surface area contributed by atoms with Gasteiger partial charge in [0.25, 0.3) is 0 Å². The number of benzene rings is 1. The van der Waals surface area contributed by atoms with Gasteiger partial charge in [0.15, 0.2) is 5.78 Å². The minimum atomic E-state index is -0.922. The van der Waals surface area contributed by atoms with Crippen LogP contribution in [0.15, 0.2) is 24.3 Å². The van der Waals surface area contributed by atoms with Crippen LogP contribution in [0.3, 0.4) is 0 Å². The number of carbonyl (C=O) groups is 1. The van der Waals surface area contributed by atoms with E-state index in [1.54, 1.807) is 12.1 Å². The van der Waals surface area contributed by atoms with Crippen molar-refractivity contribution in [1.29, 1.82) is 0 Å². The third kappa shape index (κ3) is 2.87. The monoisotopic (exact) mass is 180 g/mol. The second-order valence-corrected chi connectivity index (χ2v) is 2.99. The van der Waals surface area contributed by atoms with E-state index >= 15 is 0 Å². The van der Waals surface area contributed by atoms with E-state index < -0.39 is 6.10 Å². The summed E-state index contributed by atoms with van der Waals surface area (Å²) in [5.41, 5.74) is 0.795. The van der Waals surface area contributed by atoms with Gasteiger partial charge in [0.05, 0.1) is 0 Å². The largest absolute Gasteiger partial charge is 0.508 e. The number of carbonyl (C=O) groups excluding carboxylic acids is 1. The molecule has 0 spiro atoms. The lowest BCUT2D eigenvalue weighted by Gasteiger charge is -2.03. The second kappa shape index (κ2) is 4.05. The summed E-state index contributed by atoms with van der Waals surface area (Å²) in [6, 6.07) is 6.36. The fourth-order valence-corrected chi connectivity index (χ4v) is 0.963. The molecule has 3 heteroatoms. The SMILES string of the molecule is CC(O)C(=O)Cc1ccc(O)cc1. The fraction of sp³-hybridized carbons (Fsp3) is 0.300. The van der Waals surface area contributed by atoms with Gasteiger partial charge in [-0.1, -0.05) is 12.1 Å². The Bertz CT molecular complexity index is 288. The maximum absolute atomic E-state index is 11.1. The van der Waals surface area contributed by atoms with E-state index in [0.29, 0.717) is 0 Å². The van der Waals surface area contributed by atoms with Crippen molar-refractivity contribution in [2.45, 2.75) is 19.4 Å². The highest BCUT2D eigenvalue weighted by Crippen LogP contribution is 2.10. The first-order valence-corrected chi connectivity index (χ1v) is 4.08. The lowest BCUT2D eigenvalue weighted by Crippen LogP contribution is -2.18. The van der Waals surface area contributed by atoms with Gasteiger partial charge in [0.1, 0.15) is 11.9 Å². The molecule has 13 heavy (non-hydrogen) atoms. The van der Waals surface area contributed by atoms with E-state index in [1.165, 1.54) is 19.1 Å². The van der Waals surface area contributed by atoms with Gasteiger partial charge in [-0.2, -0.15) is 0 Å². The Hall–Kier alpha value is -1.35. The van der Waals surface area contributed by atoms with E-state index in [1.807, 2.05) is 0 Å². The predicted molar refractivity (Wildman–Crippen MR) is 48.5 cm³/mol. The Kier molecular flexibility index (Phi) is 3.03. The van der Waals surface area contributed by atoms with Gasteiger partial charge in [-0.05, 0) is 24.6 Å². The minimum absolute atomic E-state index is 0.174. The molecular weight excluding hydrogens is 168 g/mol. The molecule has 0 aliphatic carbocycles.